The van der Waals surface area contributed by atoms with Gasteiger partial charge in [-0.1, -0.05) is 17.7 Å². The van der Waals surface area contributed by atoms with Crippen LogP contribution in [0.1, 0.15) is 18.5 Å². The number of nitrogens with one attached hydrogen (secondary N) is 1. The Morgan fingerprint density at radius 3 is 2.80 bits per heavy atom. The van der Waals surface area contributed by atoms with Gasteiger partial charge in [-0.25, -0.2) is 0 Å². The van der Waals surface area contributed by atoms with Gasteiger partial charge in [-0.2, -0.15) is 5.26 Å². The summed E-state index contributed by atoms with van der Waals surface area (Å²) in [6.45, 7) is 2.47. The highest BCUT2D eigenvalue weighted by Crippen LogP contribution is 2.27. The van der Waals surface area contributed by atoms with Crippen molar-refractivity contribution in [3.8, 4) is 11.8 Å². The van der Waals surface area contributed by atoms with E-state index in [1.165, 1.54) is 0 Å². The number of halogens is 1. The van der Waals surface area contributed by atoms with E-state index in [9.17, 15) is 0 Å². The molecule has 0 radical (unpaired) electrons. The van der Waals surface area contributed by atoms with Crippen molar-refractivity contribution < 1.29 is 4.74 Å². The van der Waals surface area contributed by atoms with E-state index in [1.54, 1.807) is 19.2 Å². The Morgan fingerprint density at radius 2 is 2.33 bits per heavy atom. The molecule has 1 rings (SSSR count). The minimum Gasteiger partial charge on any atom is -0.492 e. The zero-order valence-electron chi connectivity index (χ0n) is 8.75. The van der Waals surface area contributed by atoms with Gasteiger partial charge in [0, 0.05) is 0 Å². The van der Waals surface area contributed by atoms with Gasteiger partial charge in [0.15, 0.2) is 0 Å². The number of nitrogens with zero attached hydrogens (tertiary/aromatic N) is 1. The highest BCUT2D eigenvalue weighted by Gasteiger charge is 2.10. The standard InChI is InChI=1S/C11H13ClN2O/c1-3-15-11-5-4-8(6-9(11)12)10(7-13)14-2/h4-6,10,14H,3H2,1-2H3. The van der Waals surface area contributed by atoms with E-state index in [0.717, 1.165) is 5.56 Å². The number of nitriles is 1. The molecule has 0 spiro atoms. The third kappa shape index (κ3) is 2.85. The molecule has 15 heavy (non-hydrogen) atoms. The fourth-order valence-corrected chi connectivity index (χ4v) is 1.52. The van der Waals surface area contributed by atoms with Crippen molar-refractivity contribution in [1.82, 2.24) is 5.32 Å². The van der Waals surface area contributed by atoms with Crippen molar-refractivity contribution in [1.29, 1.82) is 5.26 Å². The lowest BCUT2D eigenvalue weighted by Crippen LogP contribution is -2.14. The minimum atomic E-state index is -0.335. The quantitative estimate of drug-likeness (QED) is 0.855. The van der Waals surface area contributed by atoms with Crippen LogP contribution in [0, 0.1) is 11.3 Å². The second kappa shape index (κ2) is 5.59. The fourth-order valence-electron chi connectivity index (χ4n) is 1.27. The lowest BCUT2D eigenvalue weighted by Gasteiger charge is -2.10. The first-order valence-electron chi connectivity index (χ1n) is 4.72. The number of ether oxygens (including phenoxy) is 1. The molecule has 0 amide bonds. The van der Waals surface area contributed by atoms with Gasteiger partial charge in [-0.3, -0.25) is 0 Å². The first kappa shape index (κ1) is 11.8. The zero-order chi connectivity index (χ0) is 11.3. The molecule has 1 N–H and O–H groups in total. The molecular weight excluding hydrogens is 212 g/mol. The van der Waals surface area contributed by atoms with Gasteiger partial charge in [0.1, 0.15) is 11.8 Å². The van der Waals surface area contributed by atoms with Crippen LogP contribution in [-0.4, -0.2) is 13.7 Å². The van der Waals surface area contributed by atoms with Crippen LogP contribution in [0.15, 0.2) is 18.2 Å². The predicted molar refractivity (Wildman–Crippen MR) is 60.0 cm³/mol. The molecule has 0 aromatic heterocycles. The number of rotatable bonds is 4. The van der Waals surface area contributed by atoms with E-state index in [2.05, 4.69) is 11.4 Å². The molecule has 80 valence electrons. The van der Waals surface area contributed by atoms with E-state index in [0.29, 0.717) is 17.4 Å². The SMILES string of the molecule is CCOc1ccc(C(C#N)NC)cc1Cl. The predicted octanol–water partition coefficient (Wildman–Crippen LogP) is 2.52. The summed E-state index contributed by atoms with van der Waals surface area (Å²) in [7, 11) is 1.73. The molecule has 0 heterocycles. The van der Waals surface area contributed by atoms with Crippen molar-refractivity contribution in [2.75, 3.05) is 13.7 Å². The van der Waals surface area contributed by atoms with E-state index < -0.39 is 0 Å². The highest BCUT2D eigenvalue weighted by molar-refractivity contribution is 6.32. The van der Waals surface area contributed by atoms with E-state index >= 15 is 0 Å². The third-order valence-electron chi connectivity index (χ3n) is 2.01. The summed E-state index contributed by atoms with van der Waals surface area (Å²) in [5.74, 6) is 0.649. The average molecular weight is 225 g/mol. The van der Waals surface area contributed by atoms with Crippen LogP contribution in [0.5, 0.6) is 5.75 Å². The lowest BCUT2D eigenvalue weighted by molar-refractivity contribution is 0.340. The Hall–Kier alpha value is -1.24. The second-order valence-corrected chi connectivity index (χ2v) is 3.38. The average Bonchev–Trinajstić information content (AvgIpc) is 2.24. The Bertz CT molecular complexity index is 373. The molecule has 1 atom stereocenters. The number of benzene rings is 1. The largest absolute Gasteiger partial charge is 0.492 e. The molecule has 0 bridgehead atoms. The smallest absolute Gasteiger partial charge is 0.137 e. The van der Waals surface area contributed by atoms with Gasteiger partial charge < -0.3 is 10.1 Å². The van der Waals surface area contributed by atoms with Gasteiger partial charge in [0.2, 0.25) is 0 Å². The molecule has 0 aliphatic heterocycles. The number of hydrogen-bond acceptors (Lipinski definition) is 3. The van der Waals surface area contributed by atoms with Crippen LogP contribution in [-0.2, 0) is 0 Å². The second-order valence-electron chi connectivity index (χ2n) is 2.97. The van der Waals surface area contributed by atoms with Gasteiger partial charge in [-0.05, 0) is 31.7 Å². The summed E-state index contributed by atoms with van der Waals surface area (Å²) in [6.07, 6.45) is 0. The van der Waals surface area contributed by atoms with E-state index in [4.69, 9.17) is 21.6 Å². The van der Waals surface area contributed by atoms with Crippen LogP contribution in [0.4, 0.5) is 0 Å². The topological polar surface area (TPSA) is 45.0 Å². The number of hydrogen-bond donors (Lipinski definition) is 1. The first-order valence-corrected chi connectivity index (χ1v) is 5.09. The summed E-state index contributed by atoms with van der Waals surface area (Å²) in [5, 5.41) is 12.3. The van der Waals surface area contributed by atoms with Crippen molar-refractivity contribution in [2.24, 2.45) is 0 Å². The summed E-state index contributed by atoms with van der Waals surface area (Å²) < 4.78 is 5.30. The molecule has 0 aliphatic carbocycles. The van der Waals surface area contributed by atoms with Gasteiger partial charge in [0.05, 0.1) is 17.7 Å². The van der Waals surface area contributed by atoms with Crippen LogP contribution in [0.25, 0.3) is 0 Å². The molecule has 0 saturated heterocycles. The van der Waals surface area contributed by atoms with Crippen LogP contribution in [0.2, 0.25) is 5.02 Å². The molecule has 1 unspecified atom stereocenters. The van der Waals surface area contributed by atoms with Crippen molar-refractivity contribution in [3.63, 3.8) is 0 Å². The summed E-state index contributed by atoms with van der Waals surface area (Å²) in [5.41, 5.74) is 0.841. The molecule has 0 saturated carbocycles. The molecule has 0 aliphatic rings. The van der Waals surface area contributed by atoms with Crippen LogP contribution < -0.4 is 10.1 Å². The molecule has 0 fully saturated rings. The van der Waals surface area contributed by atoms with Gasteiger partial charge in [0.25, 0.3) is 0 Å². The van der Waals surface area contributed by atoms with Crippen molar-refractivity contribution in [3.05, 3.63) is 28.8 Å². The molecular formula is C11H13ClN2O. The molecule has 4 heteroatoms. The fraction of sp³-hybridized carbons (Fsp3) is 0.364. The summed E-state index contributed by atoms with van der Waals surface area (Å²) >= 11 is 6.00. The molecule has 1 aromatic rings. The third-order valence-corrected chi connectivity index (χ3v) is 2.30. The molecule has 3 nitrogen and oxygen atoms in total. The van der Waals surface area contributed by atoms with Crippen molar-refractivity contribution in [2.45, 2.75) is 13.0 Å². The summed E-state index contributed by atoms with van der Waals surface area (Å²) in [4.78, 5) is 0. The monoisotopic (exact) mass is 224 g/mol. The zero-order valence-corrected chi connectivity index (χ0v) is 9.51. The van der Waals surface area contributed by atoms with Crippen LogP contribution >= 0.6 is 11.6 Å². The van der Waals surface area contributed by atoms with E-state index in [-0.39, 0.29) is 6.04 Å². The van der Waals surface area contributed by atoms with Gasteiger partial charge in [-0.15, -0.1) is 0 Å². The minimum absolute atomic E-state index is 0.335. The normalized spacial score (nSPS) is 11.9. The van der Waals surface area contributed by atoms with Gasteiger partial charge >= 0.3 is 0 Å². The lowest BCUT2D eigenvalue weighted by atomic mass is 10.1. The Morgan fingerprint density at radius 1 is 1.60 bits per heavy atom. The Balaban J connectivity index is 2.96. The Kier molecular flexibility index (Phi) is 4.41. The first-order chi connectivity index (χ1) is 7.22. The molecule has 1 aromatic carbocycles. The van der Waals surface area contributed by atoms with Crippen molar-refractivity contribution >= 4 is 11.6 Å². The van der Waals surface area contributed by atoms with Crippen LogP contribution in [0.3, 0.4) is 0 Å². The highest BCUT2D eigenvalue weighted by atomic mass is 35.5. The Labute approximate surface area is 94.6 Å². The maximum absolute atomic E-state index is 8.86. The van der Waals surface area contributed by atoms with E-state index in [1.807, 2.05) is 13.0 Å². The maximum Gasteiger partial charge on any atom is 0.137 e. The summed E-state index contributed by atoms with van der Waals surface area (Å²) in [6, 6.07) is 7.16. The maximum atomic E-state index is 8.86.